The van der Waals surface area contributed by atoms with Crippen molar-refractivity contribution >= 4 is 10.9 Å². The van der Waals surface area contributed by atoms with Crippen molar-refractivity contribution < 1.29 is 0 Å². The average molecular weight is 675 g/mol. The van der Waals surface area contributed by atoms with Crippen LogP contribution in [0.5, 0.6) is 0 Å². The summed E-state index contributed by atoms with van der Waals surface area (Å²) in [5.41, 5.74) is 15.1. The third-order valence-electron chi connectivity index (χ3n) is 10.9. The van der Waals surface area contributed by atoms with E-state index >= 15 is 0 Å². The first kappa shape index (κ1) is 29.7. The molecule has 2 aliphatic rings. The molecule has 2 heterocycles. The van der Waals surface area contributed by atoms with Crippen LogP contribution in [-0.4, -0.2) is 19.9 Å². The van der Waals surface area contributed by atoms with Gasteiger partial charge in [0.25, 0.3) is 0 Å². The topological polar surface area (TPSA) is 51.6 Å². The second-order valence-electron chi connectivity index (χ2n) is 13.7. The molecule has 7 aromatic carbocycles. The summed E-state index contributed by atoms with van der Waals surface area (Å²) in [6.45, 7) is 0. The van der Waals surface area contributed by atoms with Crippen LogP contribution < -0.4 is 0 Å². The zero-order valence-electron chi connectivity index (χ0n) is 28.6. The number of nitrogens with zero attached hydrogens (tertiary/aromatic N) is 4. The molecule has 0 radical (unpaired) electrons. The van der Waals surface area contributed by atoms with Gasteiger partial charge in [-0.3, -0.25) is 0 Å². The molecule has 0 unspecified atom stereocenters. The van der Waals surface area contributed by atoms with Crippen LogP contribution in [0.2, 0.25) is 0 Å². The van der Waals surface area contributed by atoms with E-state index in [1.165, 1.54) is 38.9 Å². The molecule has 4 nitrogen and oxygen atoms in total. The molecule has 0 fully saturated rings. The van der Waals surface area contributed by atoms with E-state index in [4.69, 9.17) is 19.9 Å². The standard InChI is InChI=1S/C49H30N4/c1-3-15-31(16-4-1)32-27-29-34(30-28-32)47-51-46(33-17-5-2-6-18-33)52-48(53-47)45-43-37-21-9-13-25-41(37)49(44(43)38-22-10-14-26-42(38)50-45)39-23-11-7-19-35(39)36-20-8-12-24-40(36)49/h1-30H. The maximum absolute atomic E-state index is 5.45. The number of aromatic nitrogens is 4. The smallest absolute Gasteiger partial charge is 0.183 e. The number of benzene rings is 7. The van der Waals surface area contributed by atoms with Crippen LogP contribution in [0.4, 0.5) is 0 Å². The molecule has 4 heteroatoms. The third kappa shape index (κ3) is 4.30. The van der Waals surface area contributed by atoms with Crippen molar-refractivity contribution in [2.75, 3.05) is 0 Å². The second kappa shape index (κ2) is 11.5. The zero-order valence-corrected chi connectivity index (χ0v) is 28.6. The predicted molar refractivity (Wildman–Crippen MR) is 213 cm³/mol. The molecule has 2 aromatic heterocycles. The van der Waals surface area contributed by atoms with Crippen molar-refractivity contribution in [1.82, 2.24) is 19.9 Å². The molecule has 0 saturated heterocycles. The van der Waals surface area contributed by atoms with Gasteiger partial charge in [0.2, 0.25) is 0 Å². The molecule has 11 rings (SSSR count). The average Bonchev–Trinajstić information content (AvgIpc) is 3.72. The van der Waals surface area contributed by atoms with Crippen LogP contribution in [-0.2, 0) is 5.41 Å². The van der Waals surface area contributed by atoms with Gasteiger partial charge in [-0.2, -0.15) is 0 Å². The summed E-state index contributed by atoms with van der Waals surface area (Å²) in [6.07, 6.45) is 0. The lowest BCUT2D eigenvalue weighted by Gasteiger charge is -2.31. The minimum Gasteiger partial charge on any atom is -0.244 e. The normalized spacial score (nSPS) is 13.1. The van der Waals surface area contributed by atoms with Crippen molar-refractivity contribution in [2.24, 2.45) is 0 Å². The van der Waals surface area contributed by atoms with Gasteiger partial charge in [0.15, 0.2) is 17.5 Å². The SMILES string of the molecule is c1ccc(-c2ccc(-c3nc(-c4ccccc4)nc(-c4nc5ccccc5c5c4-c4ccccc4C54c5ccccc5-c5ccccc54)n3)cc2)cc1. The first-order valence-electron chi connectivity index (χ1n) is 18.0. The molecule has 1 spiro atoms. The van der Waals surface area contributed by atoms with Crippen molar-refractivity contribution in [3.63, 3.8) is 0 Å². The minimum atomic E-state index is -0.540. The highest BCUT2D eigenvalue weighted by Crippen LogP contribution is 2.65. The largest absolute Gasteiger partial charge is 0.244 e. The van der Waals surface area contributed by atoms with Crippen molar-refractivity contribution in [3.8, 4) is 67.7 Å². The molecule has 0 amide bonds. The van der Waals surface area contributed by atoms with Gasteiger partial charge >= 0.3 is 0 Å². The van der Waals surface area contributed by atoms with Gasteiger partial charge in [-0.1, -0.05) is 176 Å². The Kier molecular flexibility index (Phi) is 6.43. The van der Waals surface area contributed by atoms with Gasteiger partial charge in [-0.05, 0) is 56.1 Å². The first-order chi connectivity index (χ1) is 26.3. The van der Waals surface area contributed by atoms with E-state index in [0.717, 1.165) is 44.4 Å². The number of hydrogen-bond donors (Lipinski definition) is 0. The number of fused-ring (bicyclic) bond motifs is 12. The monoisotopic (exact) mass is 674 g/mol. The van der Waals surface area contributed by atoms with E-state index < -0.39 is 5.41 Å². The lowest BCUT2D eigenvalue weighted by Crippen LogP contribution is -2.26. The van der Waals surface area contributed by atoms with Crippen molar-refractivity contribution in [2.45, 2.75) is 5.41 Å². The van der Waals surface area contributed by atoms with Crippen molar-refractivity contribution in [3.05, 3.63) is 204 Å². The van der Waals surface area contributed by atoms with E-state index in [0.29, 0.717) is 17.5 Å². The Bertz CT molecular complexity index is 2840. The Morgan fingerprint density at radius 1 is 0.321 bits per heavy atom. The molecule has 246 valence electrons. The minimum absolute atomic E-state index is 0.540. The van der Waals surface area contributed by atoms with Gasteiger partial charge in [-0.25, -0.2) is 19.9 Å². The summed E-state index contributed by atoms with van der Waals surface area (Å²) in [6, 6.07) is 64.2. The van der Waals surface area contributed by atoms with E-state index in [-0.39, 0.29) is 0 Å². The quantitative estimate of drug-likeness (QED) is 0.186. The van der Waals surface area contributed by atoms with Gasteiger partial charge in [0, 0.05) is 22.1 Å². The molecule has 0 aliphatic heterocycles. The highest BCUT2D eigenvalue weighted by Gasteiger charge is 2.53. The summed E-state index contributed by atoms with van der Waals surface area (Å²) in [4.78, 5) is 21.1. The first-order valence-corrected chi connectivity index (χ1v) is 18.0. The summed E-state index contributed by atoms with van der Waals surface area (Å²) >= 11 is 0. The molecule has 0 atom stereocenters. The molecule has 0 N–H and O–H groups in total. The highest BCUT2D eigenvalue weighted by molar-refractivity contribution is 6.06. The maximum atomic E-state index is 5.45. The number of hydrogen-bond acceptors (Lipinski definition) is 4. The van der Waals surface area contributed by atoms with E-state index in [2.05, 4.69) is 158 Å². The Morgan fingerprint density at radius 3 is 1.40 bits per heavy atom. The van der Waals surface area contributed by atoms with Crippen LogP contribution in [0, 0.1) is 0 Å². The fourth-order valence-corrected chi connectivity index (χ4v) is 8.75. The third-order valence-corrected chi connectivity index (χ3v) is 10.9. The van der Waals surface area contributed by atoms with Gasteiger partial charge < -0.3 is 0 Å². The van der Waals surface area contributed by atoms with E-state index in [1.807, 2.05) is 24.3 Å². The molecule has 2 aliphatic carbocycles. The summed E-state index contributed by atoms with van der Waals surface area (Å²) in [5, 5.41) is 1.13. The van der Waals surface area contributed by atoms with E-state index in [1.54, 1.807) is 0 Å². The zero-order chi connectivity index (χ0) is 34.9. The van der Waals surface area contributed by atoms with Gasteiger partial charge in [0.1, 0.15) is 5.69 Å². The maximum Gasteiger partial charge on any atom is 0.183 e. The number of pyridine rings is 1. The summed E-state index contributed by atoms with van der Waals surface area (Å²) < 4.78 is 0. The Hall–Kier alpha value is -7.04. The molecule has 9 aromatic rings. The van der Waals surface area contributed by atoms with Crippen LogP contribution in [0.1, 0.15) is 22.3 Å². The van der Waals surface area contributed by atoms with Crippen LogP contribution in [0.3, 0.4) is 0 Å². The molecule has 0 bridgehead atoms. The number of rotatable bonds is 4. The van der Waals surface area contributed by atoms with Crippen LogP contribution in [0.15, 0.2) is 182 Å². The fourth-order valence-electron chi connectivity index (χ4n) is 8.75. The second-order valence-corrected chi connectivity index (χ2v) is 13.7. The Labute approximate surface area is 307 Å². The van der Waals surface area contributed by atoms with Gasteiger partial charge in [-0.15, -0.1) is 0 Å². The highest BCUT2D eigenvalue weighted by atomic mass is 15.0. The summed E-state index contributed by atoms with van der Waals surface area (Å²) in [5.74, 6) is 1.77. The van der Waals surface area contributed by atoms with Crippen LogP contribution in [0.25, 0.3) is 78.6 Å². The lowest BCUT2D eigenvalue weighted by molar-refractivity contribution is 0.800. The predicted octanol–water partition coefficient (Wildman–Crippen LogP) is 11.4. The summed E-state index contributed by atoms with van der Waals surface area (Å²) in [7, 11) is 0. The van der Waals surface area contributed by atoms with Crippen molar-refractivity contribution in [1.29, 1.82) is 0 Å². The Balaban J connectivity index is 1.22. The van der Waals surface area contributed by atoms with Gasteiger partial charge in [0.05, 0.1) is 10.9 Å². The number of para-hydroxylation sites is 1. The fraction of sp³-hybridized carbons (Fsp3) is 0.0204. The molecule has 53 heavy (non-hydrogen) atoms. The molecular formula is C49H30N4. The van der Waals surface area contributed by atoms with E-state index in [9.17, 15) is 0 Å². The molecule has 0 saturated carbocycles. The Morgan fingerprint density at radius 2 is 0.755 bits per heavy atom. The molecular weight excluding hydrogens is 645 g/mol. The van der Waals surface area contributed by atoms with Crippen LogP contribution >= 0.6 is 0 Å². The lowest BCUT2D eigenvalue weighted by atomic mass is 9.69.